The first-order valence-corrected chi connectivity index (χ1v) is 13.9. The third-order valence-corrected chi connectivity index (χ3v) is 8.55. The van der Waals surface area contributed by atoms with Crippen molar-refractivity contribution in [2.45, 2.75) is 103 Å². The lowest BCUT2D eigenvalue weighted by Crippen LogP contribution is -2.15. The average Bonchev–Trinajstić information content (AvgIpc) is 2.90. The molecule has 0 bridgehead atoms. The van der Waals surface area contributed by atoms with E-state index in [1.165, 1.54) is 87.7 Å². The number of aryl methyl sites for hydroxylation is 1. The van der Waals surface area contributed by atoms with E-state index >= 15 is 0 Å². The number of ether oxygens (including phenoxy) is 1. The van der Waals surface area contributed by atoms with Gasteiger partial charge in [0, 0.05) is 0 Å². The summed E-state index contributed by atoms with van der Waals surface area (Å²) in [6, 6.07) is 12.8. The lowest BCUT2D eigenvalue weighted by molar-refractivity contribution is 0.306. The molecule has 0 aliphatic heterocycles. The van der Waals surface area contributed by atoms with Crippen molar-refractivity contribution in [2.75, 3.05) is 0 Å². The van der Waals surface area contributed by atoms with E-state index in [0.29, 0.717) is 23.8 Å². The van der Waals surface area contributed by atoms with Crippen LogP contribution >= 0.6 is 0 Å². The van der Waals surface area contributed by atoms with Crippen molar-refractivity contribution in [3.63, 3.8) is 0 Å². The first kappa shape index (κ1) is 25.9. The van der Waals surface area contributed by atoms with Crippen molar-refractivity contribution in [1.82, 2.24) is 0 Å². The van der Waals surface area contributed by atoms with E-state index in [0.717, 1.165) is 18.3 Å². The van der Waals surface area contributed by atoms with Crippen molar-refractivity contribution in [3.05, 3.63) is 77.1 Å². The summed E-state index contributed by atoms with van der Waals surface area (Å²) in [5.74, 6) is 1.23. The maximum atomic E-state index is 14.5. The second-order valence-electron chi connectivity index (χ2n) is 10.9. The van der Waals surface area contributed by atoms with E-state index in [1.54, 1.807) is 19.1 Å². The van der Waals surface area contributed by atoms with Gasteiger partial charge in [-0.3, -0.25) is 0 Å². The van der Waals surface area contributed by atoms with Crippen LogP contribution in [0.3, 0.4) is 0 Å². The normalized spacial score (nSPS) is 25.1. The number of halogens is 2. The predicted octanol–water partition coefficient (Wildman–Crippen LogP) is 9.86. The topological polar surface area (TPSA) is 9.23 Å². The van der Waals surface area contributed by atoms with Gasteiger partial charge in [-0.2, -0.15) is 4.39 Å². The van der Waals surface area contributed by atoms with Crippen molar-refractivity contribution in [1.29, 1.82) is 0 Å². The molecule has 2 aromatic carbocycles. The van der Waals surface area contributed by atoms with Gasteiger partial charge < -0.3 is 4.74 Å². The third kappa shape index (κ3) is 6.74. The molecule has 2 aromatic rings. The quantitative estimate of drug-likeness (QED) is 0.324. The van der Waals surface area contributed by atoms with Gasteiger partial charge in [0.15, 0.2) is 11.6 Å². The Labute approximate surface area is 211 Å². The summed E-state index contributed by atoms with van der Waals surface area (Å²) < 4.78 is 33.8. The number of benzene rings is 2. The van der Waals surface area contributed by atoms with Crippen LogP contribution in [0.1, 0.15) is 113 Å². The molecule has 0 radical (unpaired) electrons. The van der Waals surface area contributed by atoms with E-state index in [2.05, 4.69) is 31.2 Å². The van der Waals surface area contributed by atoms with Gasteiger partial charge >= 0.3 is 0 Å². The molecule has 2 fully saturated rings. The molecule has 0 amide bonds. The lowest BCUT2D eigenvalue weighted by Gasteiger charge is -2.30. The summed E-state index contributed by atoms with van der Waals surface area (Å²) in [7, 11) is 0. The van der Waals surface area contributed by atoms with Crippen molar-refractivity contribution >= 4 is 0 Å². The largest absolute Gasteiger partial charge is 0.462 e. The fourth-order valence-electron chi connectivity index (χ4n) is 6.37. The molecule has 0 spiro atoms. The van der Waals surface area contributed by atoms with Crippen LogP contribution in [0, 0.1) is 23.5 Å². The van der Waals surface area contributed by atoms with Crippen LogP contribution in [-0.4, -0.2) is 0 Å². The lowest BCUT2D eigenvalue weighted by atomic mass is 9.75. The summed E-state index contributed by atoms with van der Waals surface area (Å²) in [4.78, 5) is 0. The second-order valence-corrected chi connectivity index (χ2v) is 10.9. The molecule has 3 heteroatoms. The smallest absolute Gasteiger partial charge is 0.201 e. The zero-order valence-corrected chi connectivity index (χ0v) is 21.6. The van der Waals surface area contributed by atoms with Gasteiger partial charge in [0.25, 0.3) is 0 Å². The fourth-order valence-corrected chi connectivity index (χ4v) is 6.37. The number of hydrogen-bond donors (Lipinski definition) is 0. The van der Waals surface area contributed by atoms with Crippen LogP contribution < -0.4 is 4.74 Å². The summed E-state index contributed by atoms with van der Waals surface area (Å²) in [6.45, 7) is 4.08. The summed E-state index contributed by atoms with van der Waals surface area (Å²) in [5.41, 5.74) is 3.47. The first-order chi connectivity index (χ1) is 17.1. The Morgan fingerprint density at radius 2 is 1.29 bits per heavy atom. The van der Waals surface area contributed by atoms with Crippen LogP contribution in [0.4, 0.5) is 8.78 Å². The zero-order chi connectivity index (χ0) is 24.6. The molecular formula is C32H42F2O. The third-order valence-electron chi connectivity index (χ3n) is 8.55. The Kier molecular flexibility index (Phi) is 9.40. The standard InChI is InChI=1S/C32H42F2O/c1-3-5-23-6-11-25(12-7-23)27-16-18-28(19-17-27)26-13-8-24(9-14-26)10-15-29-20-21-30(35-22-4-2)32(34)31(29)33/h4,16-26H,3,5-15H2,1-2H3. The van der Waals surface area contributed by atoms with Crippen LogP contribution in [0.25, 0.3) is 0 Å². The van der Waals surface area contributed by atoms with Gasteiger partial charge in [-0.1, -0.05) is 56.2 Å². The van der Waals surface area contributed by atoms with Crippen LogP contribution in [0.2, 0.25) is 0 Å². The minimum absolute atomic E-state index is 0.0555. The highest BCUT2D eigenvalue weighted by Gasteiger charge is 2.25. The Morgan fingerprint density at radius 3 is 1.80 bits per heavy atom. The zero-order valence-electron chi connectivity index (χ0n) is 21.6. The van der Waals surface area contributed by atoms with Gasteiger partial charge in [-0.05, 0) is 118 Å². The molecule has 190 valence electrons. The van der Waals surface area contributed by atoms with E-state index < -0.39 is 11.6 Å². The maximum Gasteiger partial charge on any atom is 0.201 e. The molecule has 1 nitrogen and oxygen atoms in total. The summed E-state index contributed by atoms with van der Waals surface area (Å²) in [6.07, 6.45) is 17.4. The molecule has 0 heterocycles. The predicted molar refractivity (Wildman–Crippen MR) is 141 cm³/mol. The average molecular weight is 481 g/mol. The van der Waals surface area contributed by atoms with E-state index in [-0.39, 0.29) is 5.75 Å². The molecule has 0 saturated heterocycles. The molecule has 2 saturated carbocycles. The monoisotopic (exact) mass is 480 g/mol. The first-order valence-electron chi connectivity index (χ1n) is 13.9. The maximum absolute atomic E-state index is 14.5. The van der Waals surface area contributed by atoms with Crippen molar-refractivity contribution < 1.29 is 13.5 Å². The second kappa shape index (κ2) is 12.7. The Bertz CT molecular complexity index is 948. The van der Waals surface area contributed by atoms with Gasteiger partial charge in [0.05, 0.1) is 6.26 Å². The van der Waals surface area contributed by atoms with Crippen LogP contribution in [0.15, 0.2) is 48.7 Å². The number of hydrogen-bond acceptors (Lipinski definition) is 1. The van der Waals surface area contributed by atoms with Gasteiger partial charge in [-0.15, -0.1) is 0 Å². The highest BCUT2D eigenvalue weighted by molar-refractivity contribution is 5.32. The van der Waals surface area contributed by atoms with Crippen LogP contribution in [-0.2, 0) is 6.42 Å². The van der Waals surface area contributed by atoms with Crippen molar-refractivity contribution in [2.24, 2.45) is 11.8 Å². The highest BCUT2D eigenvalue weighted by Crippen LogP contribution is 2.40. The molecule has 2 aliphatic rings. The molecule has 0 unspecified atom stereocenters. The Hall–Kier alpha value is -2.16. The molecule has 0 atom stereocenters. The summed E-state index contributed by atoms with van der Waals surface area (Å²) >= 11 is 0. The molecular weight excluding hydrogens is 438 g/mol. The molecule has 35 heavy (non-hydrogen) atoms. The van der Waals surface area contributed by atoms with Crippen LogP contribution in [0.5, 0.6) is 5.75 Å². The Morgan fingerprint density at radius 1 is 0.743 bits per heavy atom. The highest BCUT2D eigenvalue weighted by atomic mass is 19.2. The summed E-state index contributed by atoms with van der Waals surface area (Å²) in [5, 5.41) is 0. The number of allylic oxidation sites excluding steroid dienone is 1. The molecule has 2 aliphatic carbocycles. The van der Waals surface area contributed by atoms with Gasteiger partial charge in [0.2, 0.25) is 5.82 Å². The van der Waals surface area contributed by atoms with Gasteiger partial charge in [0.1, 0.15) is 0 Å². The Balaban J connectivity index is 1.24. The van der Waals surface area contributed by atoms with Crippen molar-refractivity contribution in [3.8, 4) is 5.75 Å². The number of rotatable bonds is 9. The van der Waals surface area contributed by atoms with E-state index in [1.807, 2.05) is 0 Å². The molecule has 0 aromatic heterocycles. The van der Waals surface area contributed by atoms with E-state index in [9.17, 15) is 8.78 Å². The molecule has 4 rings (SSSR count). The fraction of sp³-hybridized carbons (Fsp3) is 0.562. The molecule has 0 N–H and O–H groups in total. The van der Waals surface area contributed by atoms with E-state index in [4.69, 9.17) is 4.74 Å². The SMILES string of the molecule is CC=COc1ccc(CCC2CCC(c3ccc(C4CCC(CCC)CC4)cc3)CC2)c(F)c1F. The minimum atomic E-state index is -0.887. The minimum Gasteiger partial charge on any atom is -0.462 e. The van der Waals surface area contributed by atoms with Gasteiger partial charge in [-0.25, -0.2) is 4.39 Å².